The number of anilines is 2. The van der Waals surface area contributed by atoms with Gasteiger partial charge in [0.1, 0.15) is 0 Å². The second-order valence-corrected chi connectivity index (χ2v) is 4.89. The maximum Gasteiger partial charge on any atom is 0.180 e. The van der Waals surface area contributed by atoms with E-state index in [1.165, 1.54) is 0 Å². The summed E-state index contributed by atoms with van der Waals surface area (Å²) < 4.78 is 7.62. The van der Waals surface area contributed by atoms with Gasteiger partial charge in [-0.05, 0) is 19.8 Å². The molecule has 20 heavy (non-hydrogen) atoms. The van der Waals surface area contributed by atoms with E-state index in [0.717, 1.165) is 44.0 Å². The summed E-state index contributed by atoms with van der Waals surface area (Å²) in [6.45, 7) is 4.67. The molecule has 1 aliphatic heterocycles. The maximum absolute atomic E-state index is 5.68. The van der Waals surface area contributed by atoms with Crippen molar-refractivity contribution >= 4 is 17.3 Å². The first-order valence-corrected chi connectivity index (χ1v) is 6.98. The van der Waals surface area contributed by atoms with Crippen molar-refractivity contribution in [2.24, 2.45) is 5.84 Å². The molecule has 0 aromatic carbocycles. The second kappa shape index (κ2) is 5.64. The number of rotatable bonds is 4. The van der Waals surface area contributed by atoms with Gasteiger partial charge < -0.3 is 19.5 Å². The average Bonchev–Trinajstić information content (AvgIpc) is 2.95. The predicted molar refractivity (Wildman–Crippen MR) is 77.7 cm³/mol. The summed E-state index contributed by atoms with van der Waals surface area (Å²) in [7, 11) is 0. The van der Waals surface area contributed by atoms with E-state index in [1.54, 1.807) is 6.20 Å². The Balaban J connectivity index is 1.85. The lowest BCUT2D eigenvalue weighted by molar-refractivity contribution is 0.0458. The summed E-state index contributed by atoms with van der Waals surface area (Å²) in [6, 6.07) is 0. The van der Waals surface area contributed by atoms with Crippen LogP contribution in [0, 0.1) is 0 Å². The molecule has 0 saturated carbocycles. The Morgan fingerprint density at radius 2 is 2.25 bits per heavy atom. The molecule has 1 saturated heterocycles. The summed E-state index contributed by atoms with van der Waals surface area (Å²) in [5.74, 6) is 7.00. The fourth-order valence-electron chi connectivity index (χ4n) is 2.67. The highest BCUT2D eigenvalue weighted by Crippen LogP contribution is 2.24. The first-order chi connectivity index (χ1) is 9.81. The quantitative estimate of drug-likeness (QED) is 0.641. The number of ether oxygens (including phenoxy) is 1. The van der Waals surface area contributed by atoms with Crippen molar-refractivity contribution in [1.82, 2.24) is 14.4 Å². The molecular weight excluding hydrogens is 256 g/mol. The van der Waals surface area contributed by atoms with Gasteiger partial charge >= 0.3 is 0 Å². The van der Waals surface area contributed by atoms with Crippen LogP contribution in [-0.4, -0.2) is 40.2 Å². The van der Waals surface area contributed by atoms with E-state index in [1.807, 2.05) is 23.7 Å². The Labute approximate surface area is 117 Å². The summed E-state index contributed by atoms with van der Waals surface area (Å²) in [5.41, 5.74) is 3.47. The number of hydrogen-bond acceptors (Lipinski definition) is 6. The van der Waals surface area contributed by atoms with Crippen LogP contribution in [0.15, 0.2) is 18.6 Å². The lowest BCUT2D eigenvalue weighted by Gasteiger charge is -2.32. The first kappa shape index (κ1) is 13.1. The summed E-state index contributed by atoms with van der Waals surface area (Å²) >= 11 is 0. The molecule has 7 heteroatoms. The molecule has 1 aliphatic rings. The lowest BCUT2D eigenvalue weighted by atomic mass is 10.1. The zero-order valence-corrected chi connectivity index (χ0v) is 11.6. The van der Waals surface area contributed by atoms with Gasteiger partial charge in [-0.1, -0.05) is 0 Å². The molecule has 0 aliphatic carbocycles. The third-order valence-corrected chi connectivity index (χ3v) is 3.65. The Kier molecular flexibility index (Phi) is 3.70. The molecule has 2 aromatic rings. The van der Waals surface area contributed by atoms with Crippen LogP contribution in [0.3, 0.4) is 0 Å². The Bertz CT molecular complexity index is 575. The molecule has 0 amide bonds. The fourth-order valence-corrected chi connectivity index (χ4v) is 2.67. The van der Waals surface area contributed by atoms with Gasteiger partial charge in [0.15, 0.2) is 17.3 Å². The highest BCUT2D eigenvalue weighted by Gasteiger charge is 2.22. The highest BCUT2D eigenvalue weighted by molar-refractivity contribution is 5.66. The standard InChI is InChI=1S/C13H20N6O/c1-2-20-10-3-6-18(7-4-10)13-12-15-5-8-19(12)9-11(16-13)17-14/h5,8-10,17H,2-4,6-7,14H2,1H3. The van der Waals surface area contributed by atoms with E-state index < -0.39 is 0 Å². The minimum atomic E-state index is 0.364. The van der Waals surface area contributed by atoms with Crippen molar-refractivity contribution < 1.29 is 4.74 Å². The van der Waals surface area contributed by atoms with Crippen LogP contribution in [0.5, 0.6) is 0 Å². The zero-order valence-electron chi connectivity index (χ0n) is 11.6. The number of piperidine rings is 1. The number of imidazole rings is 1. The molecule has 3 N–H and O–H groups in total. The van der Waals surface area contributed by atoms with E-state index in [2.05, 4.69) is 20.3 Å². The van der Waals surface area contributed by atoms with Crippen molar-refractivity contribution in [3.8, 4) is 0 Å². The summed E-state index contributed by atoms with van der Waals surface area (Å²) in [6.07, 6.45) is 7.90. The van der Waals surface area contributed by atoms with Crippen LogP contribution >= 0.6 is 0 Å². The Hall–Kier alpha value is -1.86. The third-order valence-electron chi connectivity index (χ3n) is 3.65. The van der Waals surface area contributed by atoms with Crippen LogP contribution in [0.25, 0.3) is 5.65 Å². The number of nitrogen functional groups attached to an aromatic ring is 1. The number of nitrogens with one attached hydrogen (secondary N) is 1. The molecule has 3 rings (SSSR count). The van der Waals surface area contributed by atoms with Crippen LogP contribution in [0.2, 0.25) is 0 Å². The van der Waals surface area contributed by atoms with Gasteiger partial charge in [-0.25, -0.2) is 15.8 Å². The molecule has 1 fully saturated rings. The van der Waals surface area contributed by atoms with Crippen molar-refractivity contribution in [2.75, 3.05) is 30.0 Å². The normalized spacial score (nSPS) is 16.8. The Morgan fingerprint density at radius 3 is 2.95 bits per heavy atom. The average molecular weight is 276 g/mol. The number of hydrazine groups is 1. The van der Waals surface area contributed by atoms with Crippen LogP contribution in [0.1, 0.15) is 19.8 Å². The van der Waals surface area contributed by atoms with Gasteiger partial charge in [-0.15, -0.1) is 0 Å². The van der Waals surface area contributed by atoms with E-state index in [9.17, 15) is 0 Å². The molecule has 0 unspecified atom stereocenters. The lowest BCUT2D eigenvalue weighted by Crippen LogP contribution is -2.38. The fraction of sp³-hybridized carbons (Fsp3) is 0.538. The van der Waals surface area contributed by atoms with Gasteiger partial charge in [0.25, 0.3) is 0 Å². The summed E-state index contributed by atoms with van der Waals surface area (Å²) in [4.78, 5) is 11.2. The van der Waals surface area contributed by atoms with Gasteiger partial charge in [0, 0.05) is 32.1 Å². The smallest absolute Gasteiger partial charge is 0.180 e. The van der Waals surface area contributed by atoms with Gasteiger partial charge in [0.2, 0.25) is 0 Å². The largest absolute Gasteiger partial charge is 0.378 e. The number of aromatic nitrogens is 3. The van der Waals surface area contributed by atoms with Gasteiger partial charge in [-0.3, -0.25) is 0 Å². The van der Waals surface area contributed by atoms with Crippen molar-refractivity contribution in [3.05, 3.63) is 18.6 Å². The summed E-state index contributed by atoms with van der Waals surface area (Å²) in [5, 5.41) is 0. The van der Waals surface area contributed by atoms with Crippen LogP contribution in [-0.2, 0) is 4.74 Å². The zero-order chi connectivity index (χ0) is 13.9. The number of nitrogens with two attached hydrogens (primary N) is 1. The molecule has 0 atom stereocenters. The SMILES string of the molecule is CCOC1CCN(c2nc(NN)cn3ccnc23)CC1. The predicted octanol–water partition coefficient (Wildman–Crippen LogP) is 1.02. The molecule has 108 valence electrons. The Morgan fingerprint density at radius 1 is 1.45 bits per heavy atom. The number of hydrogen-bond donors (Lipinski definition) is 2. The molecule has 0 spiro atoms. The van der Waals surface area contributed by atoms with Gasteiger partial charge in [0.05, 0.1) is 12.3 Å². The van der Waals surface area contributed by atoms with E-state index in [4.69, 9.17) is 10.6 Å². The second-order valence-electron chi connectivity index (χ2n) is 4.89. The maximum atomic E-state index is 5.68. The third kappa shape index (κ3) is 2.41. The molecule has 0 radical (unpaired) electrons. The first-order valence-electron chi connectivity index (χ1n) is 6.98. The van der Waals surface area contributed by atoms with E-state index in [0.29, 0.717) is 11.9 Å². The molecule has 0 bridgehead atoms. The minimum Gasteiger partial charge on any atom is -0.378 e. The monoisotopic (exact) mass is 276 g/mol. The van der Waals surface area contributed by atoms with E-state index >= 15 is 0 Å². The van der Waals surface area contributed by atoms with Crippen molar-refractivity contribution in [2.45, 2.75) is 25.9 Å². The number of fused-ring (bicyclic) bond motifs is 1. The van der Waals surface area contributed by atoms with E-state index in [-0.39, 0.29) is 0 Å². The van der Waals surface area contributed by atoms with Crippen molar-refractivity contribution in [3.63, 3.8) is 0 Å². The van der Waals surface area contributed by atoms with Crippen LogP contribution in [0.4, 0.5) is 11.6 Å². The van der Waals surface area contributed by atoms with Gasteiger partial charge in [-0.2, -0.15) is 0 Å². The van der Waals surface area contributed by atoms with Crippen LogP contribution < -0.4 is 16.2 Å². The highest BCUT2D eigenvalue weighted by atomic mass is 16.5. The topological polar surface area (TPSA) is 80.7 Å². The number of nitrogens with zero attached hydrogens (tertiary/aromatic N) is 4. The molecule has 2 aromatic heterocycles. The molecule has 3 heterocycles. The molecule has 7 nitrogen and oxygen atoms in total. The minimum absolute atomic E-state index is 0.364. The van der Waals surface area contributed by atoms with Crippen molar-refractivity contribution in [1.29, 1.82) is 0 Å². The molecular formula is C13H20N6O.